The summed E-state index contributed by atoms with van der Waals surface area (Å²) in [4.78, 5) is 2.30. The van der Waals surface area contributed by atoms with Crippen molar-refractivity contribution in [3.8, 4) is 5.75 Å². The van der Waals surface area contributed by atoms with Gasteiger partial charge in [-0.3, -0.25) is 0 Å². The first-order chi connectivity index (χ1) is 9.22. The van der Waals surface area contributed by atoms with Crippen molar-refractivity contribution in [3.05, 3.63) is 29.8 Å². The van der Waals surface area contributed by atoms with Gasteiger partial charge in [-0.15, -0.1) is 0 Å². The van der Waals surface area contributed by atoms with Crippen molar-refractivity contribution in [3.63, 3.8) is 0 Å². The van der Waals surface area contributed by atoms with Crippen LogP contribution in [-0.2, 0) is 6.42 Å². The molecule has 0 saturated heterocycles. The van der Waals surface area contributed by atoms with Crippen molar-refractivity contribution in [1.82, 2.24) is 4.90 Å². The molecule has 1 aromatic carbocycles. The van der Waals surface area contributed by atoms with Gasteiger partial charge < -0.3 is 15.4 Å². The molecule has 2 rings (SSSR count). The molecule has 1 fully saturated rings. The van der Waals surface area contributed by atoms with Crippen LogP contribution >= 0.6 is 0 Å². The smallest absolute Gasteiger partial charge is 0.123 e. The molecule has 0 amide bonds. The van der Waals surface area contributed by atoms with Crippen LogP contribution in [0.3, 0.4) is 0 Å². The van der Waals surface area contributed by atoms with Crippen LogP contribution in [0, 0.1) is 0 Å². The first-order valence-electron chi connectivity index (χ1n) is 7.33. The molecule has 106 valence electrons. The average Bonchev–Trinajstić information content (AvgIpc) is 2.42. The van der Waals surface area contributed by atoms with E-state index in [1.54, 1.807) is 0 Å². The van der Waals surface area contributed by atoms with Crippen LogP contribution in [0.4, 0.5) is 0 Å². The Labute approximate surface area is 116 Å². The number of rotatable bonds is 5. The highest BCUT2D eigenvalue weighted by Crippen LogP contribution is 2.28. The standard InChI is InChI=1S/C16H26N2O/c1-18(2)14-8-4-6-10-16(14)19-15-9-5-3-7-13(15)11-12-17/h3,5,7,9,14,16H,4,6,8,10-12,17H2,1-2H3. The van der Waals surface area contributed by atoms with Crippen molar-refractivity contribution < 1.29 is 4.74 Å². The van der Waals surface area contributed by atoms with Gasteiger partial charge in [0.05, 0.1) is 0 Å². The Balaban J connectivity index is 2.10. The predicted octanol–water partition coefficient (Wildman–Crippen LogP) is 2.44. The lowest BCUT2D eigenvalue weighted by atomic mass is 9.91. The molecule has 0 bridgehead atoms. The van der Waals surface area contributed by atoms with E-state index in [0.29, 0.717) is 18.7 Å². The molecule has 2 unspecified atom stereocenters. The molecule has 3 heteroatoms. The highest BCUT2D eigenvalue weighted by molar-refractivity contribution is 5.33. The molecule has 2 N–H and O–H groups in total. The number of hydrogen-bond donors (Lipinski definition) is 1. The fourth-order valence-electron chi connectivity index (χ4n) is 2.95. The largest absolute Gasteiger partial charge is 0.489 e. The number of nitrogens with two attached hydrogens (primary N) is 1. The second-order valence-electron chi connectivity index (χ2n) is 5.62. The Morgan fingerprint density at radius 3 is 2.68 bits per heavy atom. The van der Waals surface area contributed by atoms with Gasteiger partial charge in [0.1, 0.15) is 11.9 Å². The Kier molecular flexibility index (Phi) is 5.23. The molecule has 1 aliphatic rings. The van der Waals surface area contributed by atoms with Gasteiger partial charge in [-0.2, -0.15) is 0 Å². The van der Waals surface area contributed by atoms with E-state index in [0.717, 1.165) is 18.6 Å². The topological polar surface area (TPSA) is 38.5 Å². The van der Waals surface area contributed by atoms with Gasteiger partial charge in [0.2, 0.25) is 0 Å². The number of ether oxygens (including phenoxy) is 1. The lowest BCUT2D eigenvalue weighted by Gasteiger charge is -2.36. The predicted molar refractivity (Wildman–Crippen MR) is 79.6 cm³/mol. The van der Waals surface area contributed by atoms with E-state index in [2.05, 4.69) is 37.2 Å². The summed E-state index contributed by atoms with van der Waals surface area (Å²) in [6.07, 6.45) is 6.16. The zero-order chi connectivity index (χ0) is 13.7. The molecule has 3 nitrogen and oxygen atoms in total. The third-order valence-corrected chi connectivity index (χ3v) is 4.00. The first-order valence-corrected chi connectivity index (χ1v) is 7.33. The number of para-hydroxylation sites is 1. The lowest BCUT2D eigenvalue weighted by Crippen LogP contribution is -2.44. The van der Waals surface area contributed by atoms with E-state index in [4.69, 9.17) is 10.5 Å². The van der Waals surface area contributed by atoms with Crippen LogP contribution in [0.1, 0.15) is 31.2 Å². The highest BCUT2D eigenvalue weighted by Gasteiger charge is 2.28. The molecule has 0 aliphatic heterocycles. The maximum absolute atomic E-state index is 6.32. The summed E-state index contributed by atoms with van der Waals surface area (Å²) in [7, 11) is 4.30. The maximum Gasteiger partial charge on any atom is 0.123 e. The van der Waals surface area contributed by atoms with Crippen molar-refractivity contribution >= 4 is 0 Å². The van der Waals surface area contributed by atoms with Crippen LogP contribution in [0.15, 0.2) is 24.3 Å². The van der Waals surface area contributed by atoms with Gasteiger partial charge in [0.25, 0.3) is 0 Å². The van der Waals surface area contributed by atoms with Crippen molar-refractivity contribution in [2.75, 3.05) is 20.6 Å². The van der Waals surface area contributed by atoms with Crippen LogP contribution in [0.25, 0.3) is 0 Å². The summed E-state index contributed by atoms with van der Waals surface area (Å²) >= 11 is 0. The third-order valence-electron chi connectivity index (χ3n) is 4.00. The van der Waals surface area contributed by atoms with Gasteiger partial charge in [-0.25, -0.2) is 0 Å². The molecule has 0 radical (unpaired) electrons. The minimum Gasteiger partial charge on any atom is -0.489 e. The van der Waals surface area contributed by atoms with Crippen LogP contribution in [-0.4, -0.2) is 37.7 Å². The quantitative estimate of drug-likeness (QED) is 0.886. The molecule has 0 aromatic heterocycles. The SMILES string of the molecule is CN(C)C1CCCCC1Oc1ccccc1CCN. The molecule has 0 heterocycles. The normalized spacial score (nSPS) is 23.6. The van der Waals surface area contributed by atoms with Gasteiger partial charge >= 0.3 is 0 Å². The number of nitrogens with zero attached hydrogens (tertiary/aromatic N) is 1. The van der Waals surface area contributed by atoms with Gasteiger partial charge in [0, 0.05) is 6.04 Å². The Hall–Kier alpha value is -1.06. The zero-order valence-corrected chi connectivity index (χ0v) is 12.1. The fourth-order valence-corrected chi connectivity index (χ4v) is 2.95. The summed E-state index contributed by atoms with van der Waals surface area (Å²) in [6, 6.07) is 8.83. The van der Waals surface area contributed by atoms with E-state index in [-0.39, 0.29) is 0 Å². The van der Waals surface area contributed by atoms with Gasteiger partial charge in [-0.1, -0.05) is 24.6 Å². The number of hydrogen-bond acceptors (Lipinski definition) is 3. The molecular weight excluding hydrogens is 236 g/mol. The van der Waals surface area contributed by atoms with Crippen molar-refractivity contribution in [2.24, 2.45) is 5.73 Å². The van der Waals surface area contributed by atoms with E-state index in [1.807, 2.05) is 6.07 Å². The lowest BCUT2D eigenvalue weighted by molar-refractivity contribution is 0.0616. The molecule has 0 spiro atoms. The molecule has 19 heavy (non-hydrogen) atoms. The summed E-state index contributed by atoms with van der Waals surface area (Å²) in [6.45, 7) is 0.669. The average molecular weight is 262 g/mol. The Morgan fingerprint density at radius 2 is 1.95 bits per heavy atom. The Bertz CT molecular complexity index is 392. The van der Waals surface area contributed by atoms with Crippen LogP contribution in [0.5, 0.6) is 5.75 Å². The fraction of sp³-hybridized carbons (Fsp3) is 0.625. The second-order valence-corrected chi connectivity index (χ2v) is 5.62. The highest BCUT2D eigenvalue weighted by atomic mass is 16.5. The van der Waals surface area contributed by atoms with Crippen LogP contribution in [0.2, 0.25) is 0 Å². The molecule has 1 aromatic rings. The van der Waals surface area contributed by atoms with Crippen molar-refractivity contribution in [1.29, 1.82) is 0 Å². The Morgan fingerprint density at radius 1 is 1.21 bits per heavy atom. The number of likely N-dealkylation sites (N-methyl/N-ethyl adjacent to an activating group) is 1. The maximum atomic E-state index is 6.32. The third kappa shape index (κ3) is 3.71. The number of benzene rings is 1. The second kappa shape index (κ2) is 6.92. The minimum atomic E-state index is 0.308. The van der Waals surface area contributed by atoms with E-state index in [9.17, 15) is 0 Å². The molecule has 1 saturated carbocycles. The monoisotopic (exact) mass is 262 g/mol. The molecule has 1 aliphatic carbocycles. The van der Waals surface area contributed by atoms with Gasteiger partial charge in [0.15, 0.2) is 0 Å². The molecular formula is C16H26N2O. The minimum absolute atomic E-state index is 0.308. The zero-order valence-electron chi connectivity index (χ0n) is 12.1. The van der Waals surface area contributed by atoms with Gasteiger partial charge in [-0.05, 0) is 58.0 Å². The molecule has 2 atom stereocenters. The summed E-state index contributed by atoms with van der Waals surface area (Å²) < 4.78 is 6.32. The van der Waals surface area contributed by atoms with Crippen LogP contribution < -0.4 is 10.5 Å². The summed E-state index contributed by atoms with van der Waals surface area (Å²) in [5, 5.41) is 0. The van der Waals surface area contributed by atoms with Crippen molar-refractivity contribution in [2.45, 2.75) is 44.2 Å². The van der Waals surface area contributed by atoms with E-state index < -0.39 is 0 Å². The van der Waals surface area contributed by atoms with E-state index >= 15 is 0 Å². The van der Waals surface area contributed by atoms with E-state index in [1.165, 1.54) is 24.8 Å². The summed E-state index contributed by atoms with van der Waals surface area (Å²) in [5.41, 5.74) is 6.90. The first kappa shape index (κ1) is 14.4. The summed E-state index contributed by atoms with van der Waals surface area (Å²) in [5.74, 6) is 1.02.